The first-order valence-electron chi connectivity index (χ1n) is 6.52. The lowest BCUT2D eigenvalue weighted by atomic mass is 10.2. The Hall–Kier alpha value is -1.56. The zero-order valence-electron chi connectivity index (χ0n) is 11.9. The van der Waals surface area contributed by atoms with Crippen LogP contribution in [0.15, 0.2) is 23.0 Å². The normalized spacial score (nSPS) is 11.1. The number of fused-ring (bicyclic) bond motifs is 1. The molecule has 0 amide bonds. The lowest BCUT2D eigenvalue weighted by molar-refractivity contribution is 0.296. The average molecular weight is 355 g/mol. The lowest BCUT2D eigenvalue weighted by Crippen LogP contribution is -2.13. The highest BCUT2D eigenvalue weighted by atomic mass is 35.5. The molecule has 0 spiro atoms. The Morgan fingerprint density at radius 1 is 1.27 bits per heavy atom. The second kappa shape index (κ2) is 5.91. The number of aryl methyl sites for hydroxylation is 2. The fourth-order valence-electron chi connectivity index (χ4n) is 2.09. The molecule has 0 radical (unpaired) electrons. The van der Waals surface area contributed by atoms with Crippen molar-refractivity contribution in [1.82, 2.24) is 9.97 Å². The van der Waals surface area contributed by atoms with E-state index in [1.165, 1.54) is 11.3 Å². The molecule has 3 aromatic rings. The lowest BCUT2D eigenvalue weighted by Gasteiger charge is -2.06. The minimum atomic E-state index is -0.139. The number of aromatic nitrogens is 2. The van der Waals surface area contributed by atoms with Gasteiger partial charge in [-0.05, 0) is 31.5 Å². The fraction of sp³-hybridized carbons (Fsp3) is 0.200. The van der Waals surface area contributed by atoms with Gasteiger partial charge in [-0.15, -0.1) is 11.3 Å². The molecule has 0 fully saturated rings. The Kier molecular flexibility index (Phi) is 4.12. The van der Waals surface area contributed by atoms with Crippen molar-refractivity contribution in [3.05, 3.63) is 54.9 Å². The molecule has 0 aliphatic rings. The Morgan fingerprint density at radius 2 is 2.05 bits per heavy atom. The first kappa shape index (κ1) is 15.3. The maximum atomic E-state index is 12.2. The van der Waals surface area contributed by atoms with Gasteiger partial charge in [0.15, 0.2) is 0 Å². The van der Waals surface area contributed by atoms with Crippen molar-refractivity contribution in [2.45, 2.75) is 20.5 Å². The van der Waals surface area contributed by atoms with Crippen molar-refractivity contribution in [3.8, 4) is 5.75 Å². The first-order valence-corrected chi connectivity index (χ1v) is 8.09. The van der Waals surface area contributed by atoms with E-state index in [0.717, 1.165) is 15.3 Å². The maximum Gasteiger partial charge on any atom is 0.260 e. The van der Waals surface area contributed by atoms with Crippen molar-refractivity contribution in [2.24, 2.45) is 0 Å². The van der Waals surface area contributed by atoms with E-state index in [-0.39, 0.29) is 12.2 Å². The SMILES string of the molecule is Cc1sc2nc(COc3ccc(Cl)c(Cl)c3)[nH]c(=O)c2c1C. The van der Waals surface area contributed by atoms with Gasteiger partial charge in [-0.25, -0.2) is 4.98 Å². The van der Waals surface area contributed by atoms with Crippen LogP contribution in [0.3, 0.4) is 0 Å². The molecule has 0 saturated carbocycles. The second-order valence-corrected chi connectivity index (χ2v) is 6.86. The molecule has 22 heavy (non-hydrogen) atoms. The number of nitrogens with zero attached hydrogens (tertiary/aromatic N) is 1. The van der Waals surface area contributed by atoms with Gasteiger partial charge in [-0.3, -0.25) is 4.79 Å². The van der Waals surface area contributed by atoms with Crippen molar-refractivity contribution in [2.75, 3.05) is 0 Å². The third-order valence-electron chi connectivity index (χ3n) is 3.35. The van der Waals surface area contributed by atoms with Crippen molar-refractivity contribution in [3.63, 3.8) is 0 Å². The molecule has 0 aliphatic heterocycles. The molecule has 114 valence electrons. The highest BCUT2D eigenvalue weighted by molar-refractivity contribution is 7.18. The number of halogens is 2. The van der Waals surface area contributed by atoms with Gasteiger partial charge < -0.3 is 9.72 Å². The molecule has 2 aromatic heterocycles. The monoisotopic (exact) mass is 354 g/mol. The number of hydrogen-bond acceptors (Lipinski definition) is 4. The molecule has 1 N–H and O–H groups in total. The van der Waals surface area contributed by atoms with Crippen LogP contribution in [0.2, 0.25) is 10.0 Å². The van der Waals surface area contributed by atoms with E-state index in [4.69, 9.17) is 27.9 Å². The van der Waals surface area contributed by atoms with Crippen LogP contribution in [-0.4, -0.2) is 9.97 Å². The summed E-state index contributed by atoms with van der Waals surface area (Å²) in [6, 6.07) is 4.99. The van der Waals surface area contributed by atoms with Crippen LogP contribution >= 0.6 is 34.5 Å². The topological polar surface area (TPSA) is 55.0 Å². The maximum absolute atomic E-state index is 12.2. The standard InChI is InChI=1S/C15H12Cl2N2O2S/c1-7-8(2)22-15-13(7)14(20)18-12(19-15)6-21-9-3-4-10(16)11(17)5-9/h3-5H,6H2,1-2H3,(H,18,19,20). The number of thiophene rings is 1. The molecular weight excluding hydrogens is 343 g/mol. The van der Waals surface area contributed by atoms with E-state index in [0.29, 0.717) is 27.0 Å². The number of ether oxygens (including phenoxy) is 1. The van der Waals surface area contributed by atoms with Crippen LogP contribution in [0.5, 0.6) is 5.75 Å². The Bertz CT molecular complexity index is 918. The summed E-state index contributed by atoms with van der Waals surface area (Å²) in [6.07, 6.45) is 0. The second-order valence-electron chi connectivity index (χ2n) is 4.84. The summed E-state index contributed by atoms with van der Waals surface area (Å²) in [5.74, 6) is 1.04. The summed E-state index contributed by atoms with van der Waals surface area (Å²) in [4.78, 5) is 21.2. The van der Waals surface area contributed by atoms with Crippen molar-refractivity contribution < 1.29 is 4.74 Å². The summed E-state index contributed by atoms with van der Waals surface area (Å²) < 4.78 is 5.60. The van der Waals surface area contributed by atoms with E-state index >= 15 is 0 Å². The minimum Gasteiger partial charge on any atom is -0.486 e. The molecule has 0 atom stereocenters. The first-order chi connectivity index (χ1) is 10.5. The summed E-state index contributed by atoms with van der Waals surface area (Å²) in [5, 5.41) is 1.54. The van der Waals surface area contributed by atoms with E-state index in [1.807, 2.05) is 13.8 Å². The molecule has 0 aliphatic carbocycles. The molecular formula is C15H12Cl2N2O2S. The van der Waals surface area contributed by atoms with Gasteiger partial charge in [-0.1, -0.05) is 23.2 Å². The average Bonchev–Trinajstić information content (AvgIpc) is 2.75. The Morgan fingerprint density at radius 3 is 2.77 bits per heavy atom. The van der Waals surface area contributed by atoms with Gasteiger partial charge in [0.05, 0.1) is 15.4 Å². The van der Waals surface area contributed by atoms with Crippen LogP contribution in [0.25, 0.3) is 10.2 Å². The number of benzene rings is 1. The van der Waals surface area contributed by atoms with Crippen molar-refractivity contribution in [1.29, 1.82) is 0 Å². The quantitative estimate of drug-likeness (QED) is 0.753. The van der Waals surface area contributed by atoms with E-state index in [1.54, 1.807) is 18.2 Å². The van der Waals surface area contributed by atoms with Gasteiger partial charge >= 0.3 is 0 Å². The number of nitrogens with one attached hydrogen (secondary N) is 1. The molecule has 4 nitrogen and oxygen atoms in total. The molecule has 7 heteroatoms. The third-order valence-corrected chi connectivity index (χ3v) is 5.19. The Labute approximate surface area is 140 Å². The van der Waals surface area contributed by atoms with Crippen molar-refractivity contribution >= 4 is 44.8 Å². The summed E-state index contributed by atoms with van der Waals surface area (Å²) >= 11 is 13.3. The predicted octanol–water partition coefficient (Wildman–Crippen LogP) is 4.49. The molecule has 0 unspecified atom stereocenters. The number of rotatable bonds is 3. The van der Waals surface area contributed by atoms with E-state index in [2.05, 4.69) is 9.97 Å². The molecule has 0 bridgehead atoms. The van der Waals surface area contributed by atoms with E-state index < -0.39 is 0 Å². The molecule has 0 saturated heterocycles. The summed E-state index contributed by atoms with van der Waals surface area (Å²) in [7, 11) is 0. The van der Waals surface area contributed by atoms with E-state index in [9.17, 15) is 4.79 Å². The smallest absolute Gasteiger partial charge is 0.260 e. The summed E-state index contributed by atoms with van der Waals surface area (Å²) in [6.45, 7) is 4.06. The highest BCUT2D eigenvalue weighted by Crippen LogP contribution is 2.27. The predicted molar refractivity (Wildman–Crippen MR) is 90.5 cm³/mol. The highest BCUT2D eigenvalue weighted by Gasteiger charge is 2.12. The van der Waals surface area contributed by atoms with Gasteiger partial charge in [0.2, 0.25) is 0 Å². The zero-order chi connectivity index (χ0) is 15.9. The largest absolute Gasteiger partial charge is 0.486 e. The third kappa shape index (κ3) is 2.84. The molecule has 2 heterocycles. The molecule has 3 rings (SSSR count). The van der Waals surface area contributed by atoms with Crippen LogP contribution in [0, 0.1) is 13.8 Å². The van der Waals surface area contributed by atoms with Crippen LogP contribution in [-0.2, 0) is 6.61 Å². The fourth-order valence-corrected chi connectivity index (χ4v) is 3.42. The Balaban J connectivity index is 1.88. The summed E-state index contributed by atoms with van der Waals surface area (Å²) in [5.41, 5.74) is 0.838. The van der Waals surface area contributed by atoms with Crippen LogP contribution in [0.4, 0.5) is 0 Å². The number of H-pyrrole nitrogens is 1. The van der Waals surface area contributed by atoms with Gasteiger partial charge in [0, 0.05) is 10.9 Å². The van der Waals surface area contributed by atoms with Gasteiger partial charge in [0.1, 0.15) is 23.0 Å². The van der Waals surface area contributed by atoms with Crippen LogP contribution < -0.4 is 10.3 Å². The van der Waals surface area contributed by atoms with Crippen LogP contribution in [0.1, 0.15) is 16.3 Å². The van der Waals surface area contributed by atoms with Gasteiger partial charge in [0.25, 0.3) is 5.56 Å². The zero-order valence-corrected chi connectivity index (χ0v) is 14.2. The number of hydrogen-bond donors (Lipinski definition) is 1. The van der Waals surface area contributed by atoms with Gasteiger partial charge in [-0.2, -0.15) is 0 Å². The number of aromatic amines is 1. The minimum absolute atomic E-state index is 0.139. The molecule has 1 aromatic carbocycles.